The minimum absolute atomic E-state index is 0.0695. The highest BCUT2D eigenvalue weighted by atomic mass is 19.1. The van der Waals surface area contributed by atoms with Gasteiger partial charge in [0.05, 0.1) is 18.9 Å². The summed E-state index contributed by atoms with van der Waals surface area (Å²) in [5, 5.41) is 11.6. The molecular formula is C24H29F2N5O5. The number of aromatic nitrogens is 2. The fourth-order valence-electron chi connectivity index (χ4n) is 3.99. The Morgan fingerprint density at radius 1 is 1.17 bits per heavy atom. The molecule has 10 nitrogen and oxygen atoms in total. The van der Waals surface area contributed by atoms with Gasteiger partial charge in [0.2, 0.25) is 11.8 Å². The van der Waals surface area contributed by atoms with Crippen LogP contribution in [-0.2, 0) is 25.5 Å². The third-order valence-electron chi connectivity index (χ3n) is 5.73. The standard InChI is InChI=1S/C24H29F2N5O5/c1-3-18(27-21(32)10-14-8-16(25)11-17(26)9-14)22(33)28-20-12-19(29-30-20)23(34)31-7-5-6-15(13-31)24(35)36-4-2/h8-9,11-12,15,18H,3-7,10,13H2,1-2H3,(H,27,32)(H2,28,29,30,33). The minimum atomic E-state index is -0.925. The van der Waals surface area contributed by atoms with Crippen LogP contribution in [0.3, 0.4) is 0 Å². The lowest BCUT2D eigenvalue weighted by atomic mass is 9.98. The van der Waals surface area contributed by atoms with Crippen molar-refractivity contribution in [1.82, 2.24) is 20.4 Å². The van der Waals surface area contributed by atoms with Gasteiger partial charge in [0.25, 0.3) is 5.91 Å². The number of nitrogens with zero attached hydrogens (tertiary/aromatic N) is 2. The molecule has 3 amide bonds. The summed E-state index contributed by atoms with van der Waals surface area (Å²) in [6.07, 6.45) is 1.24. The van der Waals surface area contributed by atoms with E-state index in [9.17, 15) is 28.0 Å². The van der Waals surface area contributed by atoms with E-state index >= 15 is 0 Å². The van der Waals surface area contributed by atoms with Crippen molar-refractivity contribution in [3.8, 4) is 0 Å². The summed E-state index contributed by atoms with van der Waals surface area (Å²) in [6, 6.07) is 3.25. The normalized spacial score (nSPS) is 16.2. The molecule has 0 radical (unpaired) electrons. The van der Waals surface area contributed by atoms with Crippen LogP contribution in [-0.4, -0.2) is 64.5 Å². The third kappa shape index (κ3) is 7.09. The van der Waals surface area contributed by atoms with E-state index in [0.29, 0.717) is 25.5 Å². The number of anilines is 1. The SMILES string of the molecule is CCOC(=O)C1CCCN(C(=O)c2cc(NC(=O)C(CC)NC(=O)Cc3cc(F)cc(F)c3)[nH]n2)C1. The molecule has 2 unspecified atom stereocenters. The van der Waals surface area contributed by atoms with E-state index in [2.05, 4.69) is 20.8 Å². The first-order valence-electron chi connectivity index (χ1n) is 11.8. The number of amides is 3. The molecule has 12 heteroatoms. The molecule has 1 aromatic carbocycles. The van der Waals surface area contributed by atoms with Crippen molar-refractivity contribution >= 4 is 29.5 Å². The first-order valence-corrected chi connectivity index (χ1v) is 11.8. The molecule has 1 saturated heterocycles. The minimum Gasteiger partial charge on any atom is -0.466 e. The Labute approximate surface area is 206 Å². The maximum absolute atomic E-state index is 13.3. The number of rotatable bonds is 9. The Kier molecular flexibility index (Phi) is 9.09. The molecule has 194 valence electrons. The van der Waals surface area contributed by atoms with E-state index in [0.717, 1.165) is 12.1 Å². The van der Waals surface area contributed by atoms with Crippen LogP contribution in [0.5, 0.6) is 0 Å². The third-order valence-corrected chi connectivity index (χ3v) is 5.73. The van der Waals surface area contributed by atoms with Crippen LogP contribution in [0.4, 0.5) is 14.6 Å². The van der Waals surface area contributed by atoms with Crippen LogP contribution in [0, 0.1) is 17.6 Å². The second-order valence-corrected chi connectivity index (χ2v) is 8.48. The van der Waals surface area contributed by atoms with Crippen molar-refractivity contribution in [3.05, 3.63) is 47.2 Å². The summed E-state index contributed by atoms with van der Waals surface area (Å²) in [5.41, 5.74) is 0.208. The van der Waals surface area contributed by atoms with E-state index in [1.54, 1.807) is 13.8 Å². The van der Waals surface area contributed by atoms with Gasteiger partial charge in [-0.3, -0.25) is 24.3 Å². The molecule has 2 atom stereocenters. The molecule has 0 spiro atoms. The number of piperidine rings is 1. The smallest absolute Gasteiger partial charge is 0.310 e. The monoisotopic (exact) mass is 505 g/mol. The number of esters is 1. The lowest BCUT2D eigenvalue weighted by Crippen LogP contribution is -2.44. The van der Waals surface area contributed by atoms with Crippen LogP contribution in [0.25, 0.3) is 0 Å². The summed E-state index contributed by atoms with van der Waals surface area (Å²) < 4.78 is 31.8. The number of carbonyl (C=O) groups is 4. The molecule has 1 fully saturated rings. The van der Waals surface area contributed by atoms with Gasteiger partial charge >= 0.3 is 5.97 Å². The second-order valence-electron chi connectivity index (χ2n) is 8.48. The summed E-state index contributed by atoms with van der Waals surface area (Å²) >= 11 is 0. The Bertz CT molecular complexity index is 1100. The number of nitrogens with one attached hydrogen (secondary N) is 3. The number of benzene rings is 1. The highest BCUT2D eigenvalue weighted by molar-refractivity contribution is 5.98. The van der Waals surface area contributed by atoms with Gasteiger partial charge in [-0.1, -0.05) is 6.92 Å². The van der Waals surface area contributed by atoms with Crippen molar-refractivity contribution in [2.45, 2.75) is 45.6 Å². The maximum Gasteiger partial charge on any atom is 0.310 e. The van der Waals surface area contributed by atoms with Gasteiger partial charge in [-0.05, 0) is 43.9 Å². The van der Waals surface area contributed by atoms with E-state index in [1.807, 2.05) is 0 Å². The molecule has 0 bridgehead atoms. The molecule has 0 aliphatic carbocycles. The van der Waals surface area contributed by atoms with Gasteiger partial charge in [-0.25, -0.2) is 8.78 Å². The molecule has 2 heterocycles. The predicted octanol–water partition coefficient (Wildman–Crippen LogP) is 2.18. The first kappa shape index (κ1) is 26.8. The number of hydrogen-bond donors (Lipinski definition) is 3. The highest BCUT2D eigenvalue weighted by Crippen LogP contribution is 2.20. The fourth-order valence-corrected chi connectivity index (χ4v) is 3.99. The van der Waals surface area contributed by atoms with Crippen molar-refractivity contribution in [2.75, 3.05) is 25.0 Å². The molecule has 1 aromatic heterocycles. The number of aromatic amines is 1. The van der Waals surface area contributed by atoms with Crippen molar-refractivity contribution in [3.63, 3.8) is 0 Å². The Hall–Kier alpha value is -3.83. The second kappa shape index (κ2) is 12.2. The zero-order valence-electron chi connectivity index (χ0n) is 20.1. The molecule has 36 heavy (non-hydrogen) atoms. The Morgan fingerprint density at radius 2 is 1.89 bits per heavy atom. The fraction of sp³-hybridized carbons (Fsp3) is 0.458. The number of halogens is 2. The number of ether oxygens (including phenoxy) is 1. The number of likely N-dealkylation sites (tertiary alicyclic amines) is 1. The van der Waals surface area contributed by atoms with Crippen LogP contribution in [0.2, 0.25) is 0 Å². The molecule has 2 aromatic rings. The van der Waals surface area contributed by atoms with Crippen molar-refractivity contribution in [1.29, 1.82) is 0 Å². The van der Waals surface area contributed by atoms with Gasteiger partial charge in [0, 0.05) is 25.2 Å². The zero-order chi connectivity index (χ0) is 26.2. The molecule has 1 aliphatic heterocycles. The van der Waals surface area contributed by atoms with Crippen LogP contribution in [0.15, 0.2) is 24.3 Å². The Morgan fingerprint density at radius 3 is 2.56 bits per heavy atom. The van der Waals surface area contributed by atoms with Gasteiger partial charge in [-0.15, -0.1) is 0 Å². The van der Waals surface area contributed by atoms with E-state index in [-0.39, 0.29) is 54.9 Å². The van der Waals surface area contributed by atoms with Crippen molar-refractivity contribution in [2.24, 2.45) is 5.92 Å². The van der Waals surface area contributed by atoms with Gasteiger partial charge in [0.15, 0.2) is 5.69 Å². The number of H-pyrrole nitrogens is 1. The zero-order valence-corrected chi connectivity index (χ0v) is 20.1. The quantitative estimate of drug-likeness (QED) is 0.448. The first-order chi connectivity index (χ1) is 17.2. The summed E-state index contributed by atoms with van der Waals surface area (Å²) in [5.74, 6) is -3.69. The van der Waals surface area contributed by atoms with Gasteiger partial charge < -0.3 is 20.3 Å². The van der Waals surface area contributed by atoms with E-state index in [4.69, 9.17) is 4.74 Å². The van der Waals surface area contributed by atoms with E-state index < -0.39 is 35.4 Å². The van der Waals surface area contributed by atoms with Crippen LogP contribution in [0.1, 0.15) is 49.2 Å². The Balaban J connectivity index is 1.56. The highest BCUT2D eigenvalue weighted by Gasteiger charge is 2.31. The summed E-state index contributed by atoms with van der Waals surface area (Å²) in [6.45, 7) is 4.38. The molecule has 3 rings (SSSR count). The topological polar surface area (TPSA) is 133 Å². The largest absolute Gasteiger partial charge is 0.466 e. The molecule has 0 saturated carbocycles. The average Bonchev–Trinajstić information content (AvgIpc) is 3.30. The number of hydrogen-bond acceptors (Lipinski definition) is 6. The van der Waals surface area contributed by atoms with Crippen molar-refractivity contribution < 1.29 is 32.7 Å². The maximum atomic E-state index is 13.3. The summed E-state index contributed by atoms with van der Waals surface area (Å²) in [7, 11) is 0. The molecular weight excluding hydrogens is 476 g/mol. The van der Waals surface area contributed by atoms with Gasteiger partial charge in [0.1, 0.15) is 23.5 Å². The number of carbonyl (C=O) groups excluding carboxylic acids is 4. The lowest BCUT2D eigenvalue weighted by Gasteiger charge is -2.30. The summed E-state index contributed by atoms with van der Waals surface area (Å²) in [4.78, 5) is 51.4. The molecule has 1 aliphatic rings. The molecule has 3 N–H and O–H groups in total. The lowest BCUT2D eigenvalue weighted by molar-refractivity contribution is -0.149. The average molecular weight is 506 g/mol. The van der Waals surface area contributed by atoms with Gasteiger partial charge in [-0.2, -0.15) is 5.10 Å². The van der Waals surface area contributed by atoms with Crippen LogP contribution < -0.4 is 10.6 Å². The predicted molar refractivity (Wildman–Crippen MR) is 125 cm³/mol. The van der Waals surface area contributed by atoms with E-state index in [1.165, 1.54) is 11.0 Å². The van der Waals surface area contributed by atoms with Crippen LogP contribution >= 0.6 is 0 Å².